The van der Waals surface area contributed by atoms with Gasteiger partial charge in [-0.15, -0.1) is 0 Å². The highest BCUT2D eigenvalue weighted by atomic mass is 16.5. The number of ketones is 1. The lowest BCUT2D eigenvalue weighted by Gasteiger charge is -2.31. The Balaban J connectivity index is 1.45. The predicted octanol–water partition coefficient (Wildman–Crippen LogP) is 3.47. The monoisotopic (exact) mass is 380 g/mol. The lowest BCUT2D eigenvalue weighted by atomic mass is 9.89. The van der Waals surface area contributed by atoms with E-state index in [1.54, 1.807) is 7.11 Å². The summed E-state index contributed by atoms with van der Waals surface area (Å²) >= 11 is 0. The summed E-state index contributed by atoms with van der Waals surface area (Å²) in [5.74, 6) is 0.985. The van der Waals surface area contributed by atoms with E-state index in [0.29, 0.717) is 6.54 Å². The minimum Gasteiger partial charge on any atom is -0.497 e. The number of amides is 1. The third kappa shape index (κ3) is 5.20. The van der Waals surface area contributed by atoms with Gasteiger partial charge < -0.3 is 10.1 Å². The van der Waals surface area contributed by atoms with Crippen LogP contribution in [-0.4, -0.2) is 43.3 Å². The molecule has 0 spiro atoms. The molecule has 0 saturated carbocycles. The first kappa shape index (κ1) is 20.1. The van der Waals surface area contributed by atoms with Crippen LogP contribution in [0.5, 0.6) is 5.75 Å². The summed E-state index contributed by atoms with van der Waals surface area (Å²) in [5.41, 5.74) is 1.83. The number of benzene rings is 2. The molecule has 1 heterocycles. The topological polar surface area (TPSA) is 58.6 Å². The molecule has 5 heteroatoms. The van der Waals surface area contributed by atoms with E-state index in [9.17, 15) is 9.59 Å². The molecule has 1 amide bonds. The largest absolute Gasteiger partial charge is 0.497 e. The maximum atomic E-state index is 12.7. The number of rotatable bonds is 7. The van der Waals surface area contributed by atoms with Gasteiger partial charge in [0.1, 0.15) is 5.75 Å². The van der Waals surface area contributed by atoms with E-state index in [0.717, 1.165) is 42.8 Å². The zero-order valence-electron chi connectivity index (χ0n) is 16.6. The summed E-state index contributed by atoms with van der Waals surface area (Å²) in [5, 5.41) is 3.05. The van der Waals surface area contributed by atoms with Gasteiger partial charge in [0.2, 0.25) is 5.91 Å². The molecule has 3 rings (SSSR count). The molecule has 2 aromatic rings. The zero-order chi connectivity index (χ0) is 19.9. The van der Waals surface area contributed by atoms with Crippen LogP contribution in [-0.2, 0) is 4.79 Å². The number of ether oxygens (including phenoxy) is 1. The molecule has 148 valence electrons. The van der Waals surface area contributed by atoms with Crippen molar-refractivity contribution in [2.75, 3.05) is 26.7 Å². The van der Waals surface area contributed by atoms with Gasteiger partial charge in [0.25, 0.3) is 0 Å². The van der Waals surface area contributed by atoms with Crippen LogP contribution >= 0.6 is 0 Å². The highest BCUT2D eigenvalue weighted by Gasteiger charge is 2.26. The van der Waals surface area contributed by atoms with E-state index < -0.39 is 0 Å². The zero-order valence-corrected chi connectivity index (χ0v) is 16.6. The van der Waals surface area contributed by atoms with Crippen molar-refractivity contribution in [3.63, 3.8) is 0 Å². The molecule has 1 unspecified atom stereocenters. The third-order valence-electron chi connectivity index (χ3n) is 5.38. The Morgan fingerprint density at radius 1 is 1.07 bits per heavy atom. The Bertz CT molecular complexity index is 781. The molecule has 1 fully saturated rings. The summed E-state index contributed by atoms with van der Waals surface area (Å²) in [6.07, 6.45) is 1.57. The van der Waals surface area contributed by atoms with Crippen molar-refractivity contribution in [1.29, 1.82) is 0 Å². The van der Waals surface area contributed by atoms with E-state index in [2.05, 4.69) is 10.2 Å². The molecule has 28 heavy (non-hydrogen) atoms. The fraction of sp³-hybridized carbons (Fsp3) is 0.391. The van der Waals surface area contributed by atoms with Crippen molar-refractivity contribution in [1.82, 2.24) is 10.2 Å². The van der Waals surface area contributed by atoms with Gasteiger partial charge in [-0.2, -0.15) is 0 Å². The number of Topliss-reactive ketones (excluding diaryl/α,β-unsaturated/α-hetero) is 1. The number of carbonyl (C=O) groups is 2. The van der Waals surface area contributed by atoms with Gasteiger partial charge in [-0.25, -0.2) is 0 Å². The van der Waals surface area contributed by atoms with Crippen LogP contribution < -0.4 is 10.1 Å². The Kier molecular flexibility index (Phi) is 6.82. The number of likely N-dealkylation sites (tertiary alicyclic amines) is 1. The Morgan fingerprint density at radius 2 is 1.71 bits per heavy atom. The second-order valence-corrected chi connectivity index (χ2v) is 7.34. The van der Waals surface area contributed by atoms with E-state index in [4.69, 9.17) is 4.74 Å². The number of nitrogens with zero attached hydrogens (tertiary/aromatic N) is 1. The van der Waals surface area contributed by atoms with Crippen LogP contribution in [0, 0.1) is 5.92 Å². The Hall–Kier alpha value is -2.66. The molecule has 0 radical (unpaired) electrons. The quantitative estimate of drug-likeness (QED) is 0.748. The molecule has 0 aliphatic carbocycles. The number of carbonyl (C=O) groups excluding carboxylic acids is 2. The van der Waals surface area contributed by atoms with Crippen LogP contribution in [0.3, 0.4) is 0 Å². The van der Waals surface area contributed by atoms with Gasteiger partial charge in [0, 0.05) is 11.5 Å². The second kappa shape index (κ2) is 9.51. The Morgan fingerprint density at radius 3 is 2.32 bits per heavy atom. The van der Waals surface area contributed by atoms with Crippen molar-refractivity contribution >= 4 is 11.7 Å². The Labute approximate surface area is 166 Å². The SMILES string of the molecule is COc1ccc(C(=O)C2CCN(CC(=O)NC(C)c3ccccc3)CC2)cc1. The molecule has 1 aliphatic rings. The number of hydrogen-bond donors (Lipinski definition) is 1. The van der Waals surface area contributed by atoms with Crippen LogP contribution in [0.4, 0.5) is 0 Å². The minimum absolute atomic E-state index is 0.0112. The average molecular weight is 380 g/mol. The maximum Gasteiger partial charge on any atom is 0.234 e. The molecular formula is C23H28N2O3. The standard InChI is InChI=1S/C23H28N2O3/c1-17(18-6-4-3-5-7-18)24-22(26)16-25-14-12-20(13-15-25)23(27)19-8-10-21(28-2)11-9-19/h3-11,17,20H,12-16H2,1-2H3,(H,24,26). The summed E-state index contributed by atoms with van der Waals surface area (Å²) in [6.45, 7) is 3.90. The van der Waals surface area contributed by atoms with Crippen LogP contribution in [0.2, 0.25) is 0 Å². The van der Waals surface area contributed by atoms with Gasteiger partial charge >= 0.3 is 0 Å². The van der Waals surface area contributed by atoms with Crippen LogP contribution in [0.25, 0.3) is 0 Å². The van der Waals surface area contributed by atoms with Gasteiger partial charge in [0.15, 0.2) is 5.78 Å². The lowest BCUT2D eigenvalue weighted by Crippen LogP contribution is -2.43. The molecule has 0 bridgehead atoms. The molecule has 2 aromatic carbocycles. The second-order valence-electron chi connectivity index (χ2n) is 7.34. The van der Waals surface area contributed by atoms with E-state index in [1.807, 2.05) is 61.5 Å². The predicted molar refractivity (Wildman–Crippen MR) is 109 cm³/mol. The average Bonchev–Trinajstić information content (AvgIpc) is 2.74. The highest BCUT2D eigenvalue weighted by Crippen LogP contribution is 2.23. The van der Waals surface area contributed by atoms with Gasteiger partial charge in [-0.3, -0.25) is 14.5 Å². The minimum atomic E-state index is -0.0112. The first-order valence-electron chi connectivity index (χ1n) is 9.81. The van der Waals surface area contributed by atoms with Gasteiger partial charge in [-0.05, 0) is 62.7 Å². The molecule has 5 nitrogen and oxygen atoms in total. The number of hydrogen-bond acceptors (Lipinski definition) is 4. The lowest BCUT2D eigenvalue weighted by molar-refractivity contribution is -0.123. The number of nitrogens with one attached hydrogen (secondary N) is 1. The normalized spacial score (nSPS) is 16.4. The molecule has 1 N–H and O–H groups in total. The maximum absolute atomic E-state index is 12.7. The molecule has 1 atom stereocenters. The molecular weight excluding hydrogens is 352 g/mol. The molecule has 0 aromatic heterocycles. The van der Waals surface area contributed by atoms with Crippen molar-refractivity contribution in [3.8, 4) is 5.75 Å². The first-order chi connectivity index (χ1) is 13.6. The van der Waals surface area contributed by atoms with Gasteiger partial charge in [-0.1, -0.05) is 30.3 Å². The van der Waals surface area contributed by atoms with Crippen molar-refractivity contribution in [3.05, 3.63) is 65.7 Å². The van der Waals surface area contributed by atoms with Crippen molar-refractivity contribution < 1.29 is 14.3 Å². The van der Waals surface area contributed by atoms with Crippen LogP contribution in [0.15, 0.2) is 54.6 Å². The molecule has 1 saturated heterocycles. The van der Waals surface area contributed by atoms with E-state index in [1.165, 1.54) is 0 Å². The fourth-order valence-electron chi connectivity index (χ4n) is 3.66. The number of methoxy groups -OCH3 is 1. The summed E-state index contributed by atoms with van der Waals surface area (Å²) in [4.78, 5) is 27.2. The smallest absolute Gasteiger partial charge is 0.234 e. The van der Waals surface area contributed by atoms with E-state index >= 15 is 0 Å². The van der Waals surface area contributed by atoms with Crippen molar-refractivity contribution in [2.45, 2.75) is 25.8 Å². The highest BCUT2D eigenvalue weighted by molar-refractivity contribution is 5.98. The first-order valence-corrected chi connectivity index (χ1v) is 9.81. The third-order valence-corrected chi connectivity index (χ3v) is 5.38. The summed E-state index contributed by atoms with van der Waals surface area (Å²) in [7, 11) is 1.61. The van der Waals surface area contributed by atoms with Crippen molar-refractivity contribution in [2.24, 2.45) is 5.92 Å². The fourth-order valence-corrected chi connectivity index (χ4v) is 3.66. The summed E-state index contributed by atoms with van der Waals surface area (Å²) < 4.78 is 5.15. The molecule has 1 aliphatic heterocycles. The number of piperidine rings is 1. The van der Waals surface area contributed by atoms with Gasteiger partial charge in [0.05, 0.1) is 19.7 Å². The van der Waals surface area contributed by atoms with E-state index in [-0.39, 0.29) is 23.7 Å². The van der Waals surface area contributed by atoms with Crippen LogP contribution in [0.1, 0.15) is 41.7 Å². The summed E-state index contributed by atoms with van der Waals surface area (Å²) in [6, 6.07) is 17.2.